The van der Waals surface area contributed by atoms with Crippen molar-refractivity contribution in [3.05, 3.63) is 105 Å². The highest BCUT2D eigenvalue weighted by atomic mass is 19.1. The molecular formula is C24H21FN4O. The molecule has 2 unspecified atom stereocenters. The zero-order valence-electron chi connectivity index (χ0n) is 16.4. The van der Waals surface area contributed by atoms with Crippen LogP contribution in [0.15, 0.2) is 71.7 Å². The Kier molecular flexibility index (Phi) is 4.56. The fourth-order valence-corrected chi connectivity index (χ4v) is 4.34. The van der Waals surface area contributed by atoms with Crippen LogP contribution in [-0.2, 0) is 6.54 Å². The number of nitrogens with one attached hydrogen (secondary N) is 3. The Balaban J connectivity index is 1.76. The van der Waals surface area contributed by atoms with Crippen LogP contribution in [0.4, 0.5) is 4.39 Å². The van der Waals surface area contributed by atoms with Crippen molar-refractivity contribution in [3.8, 4) is 0 Å². The molecule has 2 aliphatic rings. The Bertz CT molecular complexity index is 1240. The molecule has 2 heterocycles. The molecule has 0 aliphatic carbocycles. The van der Waals surface area contributed by atoms with Gasteiger partial charge in [0, 0.05) is 11.8 Å². The summed E-state index contributed by atoms with van der Waals surface area (Å²) < 4.78 is 14.3. The Morgan fingerprint density at radius 1 is 1.00 bits per heavy atom. The van der Waals surface area contributed by atoms with Gasteiger partial charge in [-0.15, -0.1) is 0 Å². The van der Waals surface area contributed by atoms with Crippen molar-refractivity contribution in [1.82, 2.24) is 16.2 Å². The lowest BCUT2D eigenvalue weighted by Crippen LogP contribution is -2.54. The summed E-state index contributed by atoms with van der Waals surface area (Å²) in [5.74, 6) is -0.963. The topological polar surface area (TPSA) is 65.5 Å². The fourth-order valence-electron chi connectivity index (χ4n) is 4.34. The summed E-state index contributed by atoms with van der Waals surface area (Å²) in [5, 5.41) is 4.33. The van der Waals surface area contributed by atoms with E-state index in [0.29, 0.717) is 16.1 Å². The molecule has 5 nitrogen and oxygen atoms in total. The summed E-state index contributed by atoms with van der Waals surface area (Å²) in [5.41, 5.74) is 10.2. The minimum absolute atomic E-state index is 0.140. The second-order valence-electron chi connectivity index (χ2n) is 7.57. The van der Waals surface area contributed by atoms with E-state index in [1.54, 1.807) is 0 Å². The van der Waals surface area contributed by atoms with Crippen LogP contribution in [-0.4, -0.2) is 13.0 Å². The van der Waals surface area contributed by atoms with Crippen LogP contribution in [0.5, 0.6) is 0 Å². The number of carbonyl (C=O) groups is 1. The number of benzene rings is 3. The van der Waals surface area contributed by atoms with Crippen molar-refractivity contribution in [2.24, 2.45) is 4.99 Å². The molecule has 3 N–H and O–H groups in total. The van der Waals surface area contributed by atoms with Crippen molar-refractivity contribution >= 4 is 11.6 Å². The number of rotatable bonds is 4. The highest BCUT2D eigenvalue weighted by Crippen LogP contribution is 2.40. The van der Waals surface area contributed by atoms with Gasteiger partial charge in [-0.25, -0.2) is 4.39 Å². The zero-order chi connectivity index (χ0) is 20.7. The molecule has 0 spiro atoms. The molecule has 0 radical (unpaired) electrons. The van der Waals surface area contributed by atoms with E-state index in [4.69, 9.17) is 4.99 Å². The average molecular weight is 400 g/mol. The largest absolute Gasteiger partial charge is 0.316 e. The number of hydrogen-bond donors (Lipinski definition) is 3. The summed E-state index contributed by atoms with van der Waals surface area (Å²) in [6.45, 7) is 0.784. The van der Waals surface area contributed by atoms with Crippen molar-refractivity contribution < 1.29 is 9.18 Å². The maximum absolute atomic E-state index is 14.3. The van der Waals surface area contributed by atoms with Gasteiger partial charge in [-0.3, -0.25) is 15.2 Å². The SMILES string of the molecule is CNCc1ccc(C2N=c3cc(F)cc4c3=C(NNC4=O)C2c2ccccc2)cc1. The molecule has 1 amide bonds. The van der Waals surface area contributed by atoms with Gasteiger partial charge in [-0.1, -0.05) is 54.6 Å². The first-order valence-electron chi connectivity index (χ1n) is 9.92. The van der Waals surface area contributed by atoms with Crippen LogP contribution in [0.2, 0.25) is 0 Å². The van der Waals surface area contributed by atoms with Gasteiger partial charge in [0.2, 0.25) is 0 Å². The lowest BCUT2D eigenvalue weighted by Gasteiger charge is -2.33. The Morgan fingerprint density at radius 2 is 1.77 bits per heavy atom. The van der Waals surface area contributed by atoms with E-state index in [2.05, 4.69) is 52.6 Å². The molecule has 150 valence electrons. The monoisotopic (exact) mass is 400 g/mol. The summed E-state index contributed by atoms with van der Waals surface area (Å²) in [6, 6.07) is 20.8. The average Bonchev–Trinajstić information content (AvgIpc) is 2.77. The number of carbonyl (C=O) groups excluding carboxylic acids is 1. The minimum atomic E-state index is -0.467. The van der Waals surface area contributed by atoms with E-state index in [0.717, 1.165) is 23.4 Å². The molecule has 3 aromatic rings. The molecule has 0 saturated heterocycles. The number of halogens is 1. The predicted octanol–water partition coefficient (Wildman–Crippen LogP) is 2.06. The molecule has 6 heteroatoms. The van der Waals surface area contributed by atoms with E-state index in [9.17, 15) is 9.18 Å². The van der Waals surface area contributed by atoms with E-state index in [1.165, 1.54) is 17.7 Å². The van der Waals surface area contributed by atoms with Gasteiger partial charge in [-0.05, 0) is 35.9 Å². The lowest BCUT2D eigenvalue weighted by molar-refractivity contribution is 0.0934. The maximum Gasteiger partial charge on any atom is 0.270 e. The minimum Gasteiger partial charge on any atom is -0.316 e. The Labute approximate surface area is 173 Å². The van der Waals surface area contributed by atoms with Gasteiger partial charge >= 0.3 is 0 Å². The summed E-state index contributed by atoms with van der Waals surface area (Å²) in [6.07, 6.45) is 0. The first-order valence-corrected chi connectivity index (χ1v) is 9.92. The first kappa shape index (κ1) is 18.5. The molecule has 5 rings (SSSR count). The van der Waals surface area contributed by atoms with Gasteiger partial charge in [0.15, 0.2) is 0 Å². The van der Waals surface area contributed by atoms with E-state index >= 15 is 0 Å². The third-order valence-electron chi connectivity index (χ3n) is 5.67. The standard InChI is InChI=1S/C24H21FN4O/c1-26-13-14-7-9-16(10-8-14)22-20(15-5-3-2-4-6-15)23-21-18(24(30)29-28-23)11-17(25)12-19(21)27-22/h2-12,20,22,26,28H,13H2,1H3,(H,29,30). The van der Waals surface area contributed by atoms with Crippen LogP contribution in [0.3, 0.4) is 0 Å². The highest BCUT2D eigenvalue weighted by Gasteiger charge is 2.35. The quantitative estimate of drug-likeness (QED) is 0.628. The van der Waals surface area contributed by atoms with Gasteiger partial charge in [0.25, 0.3) is 5.91 Å². The van der Waals surface area contributed by atoms with E-state index in [-0.39, 0.29) is 17.9 Å². The fraction of sp³-hybridized carbons (Fsp3) is 0.167. The molecule has 2 atom stereocenters. The van der Waals surface area contributed by atoms with Crippen LogP contribution in [0, 0.1) is 5.82 Å². The Morgan fingerprint density at radius 3 is 2.50 bits per heavy atom. The van der Waals surface area contributed by atoms with E-state index < -0.39 is 5.82 Å². The summed E-state index contributed by atoms with van der Waals surface area (Å²) >= 11 is 0. The molecular weight excluding hydrogens is 379 g/mol. The van der Waals surface area contributed by atoms with Crippen LogP contribution >= 0.6 is 0 Å². The van der Waals surface area contributed by atoms with E-state index in [1.807, 2.05) is 25.2 Å². The molecule has 0 aromatic heterocycles. The predicted molar refractivity (Wildman–Crippen MR) is 112 cm³/mol. The molecule has 3 aromatic carbocycles. The molecule has 0 fully saturated rings. The smallest absolute Gasteiger partial charge is 0.270 e. The maximum atomic E-state index is 14.3. The van der Waals surface area contributed by atoms with Crippen LogP contribution < -0.4 is 26.7 Å². The molecule has 2 aliphatic heterocycles. The zero-order valence-corrected chi connectivity index (χ0v) is 16.4. The molecule has 30 heavy (non-hydrogen) atoms. The third kappa shape index (κ3) is 3.06. The third-order valence-corrected chi connectivity index (χ3v) is 5.67. The number of hydrazine groups is 1. The second kappa shape index (κ2) is 7.39. The molecule has 0 bridgehead atoms. The number of hydrogen-bond acceptors (Lipinski definition) is 4. The van der Waals surface area contributed by atoms with Crippen molar-refractivity contribution in [2.45, 2.75) is 18.5 Å². The number of amides is 1. The van der Waals surface area contributed by atoms with Crippen LogP contribution in [0.1, 0.15) is 39.0 Å². The highest BCUT2D eigenvalue weighted by molar-refractivity contribution is 5.96. The normalized spacial score (nSPS) is 19.4. The van der Waals surface area contributed by atoms with Gasteiger partial charge in [-0.2, -0.15) is 0 Å². The Hall–Kier alpha value is -3.51. The van der Waals surface area contributed by atoms with Gasteiger partial charge in [0.1, 0.15) is 5.82 Å². The number of nitrogens with zero attached hydrogens (tertiary/aromatic N) is 1. The second-order valence-corrected chi connectivity index (χ2v) is 7.57. The summed E-state index contributed by atoms with van der Waals surface area (Å²) in [4.78, 5) is 17.3. The van der Waals surface area contributed by atoms with Crippen LogP contribution in [0.25, 0.3) is 5.70 Å². The lowest BCUT2D eigenvalue weighted by atomic mass is 9.81. The van der Waals surface area contributed by atoms with Gasteiger partial charge in [0.05, 0.1) is 28.6 Å². The molecule has 0 saturated carbocycles. The van der Waals surface area contributed by atoms with Gasteiger partial charge < -0.3 is 10.7 Å². The first-order chi connectivity index (χ1) is 14.7. The van der Waals surface area contributed by atoms with Crippen molar-refractivity contribution in [2.75, 3.05) is 7.05 Å². The summed E-state index contributed by atoms with van der Waals surface area (Å²) in [7, 11) is 1.92. The van der Waals surface area contributed by atoms with Crippen molar-refractivity contribution in [1.29, 1.82) is 0 Å². The van der Waals surface area contributed by atoms with Crippen molar-refractivity contribution in [3.63, 3.8) is 0 Å².